The average molecular weight is 677 g/mol. The molecule has 0 spiro atoms. The van der Waals surface area contributed by atoms with Crippen LogP contribution in [0.15, 0.2) is 84.9 Å². The molecular weight excluding hydrogens is 631 g/mol. The molecular formula is C39H46Cl2Zr-2. The summed E-state index contributed by atoms with van der Waals surface area (Å²) in [6, 6.07) is 26.6. The van der Waals surface area contributed by atoms with Crippen LogP contribution in [0.3, 0.4) is 0 Å². The topological polar surface area (TPSA) is 0 Å². The standard InChI is InChI=1S/C21H25.C12H11.C6H10.2ClH.Zr/c1-20(2,3)16-7-9-18-14(12-16)11-15-13-17(21(4,5)6)8-10-19(15)18;1-10-7-8-12(9-10)11-5-3-2-4-6-11;1-2-4-6-5-3-1;;;/h7-13H,1-6H3;2-6,8-10H,1H3;1-5H2;2*1H;/q2*-1;;;;+2/p-2. The monoisotopic (exact) mass is 674 g/mol. The molecule has 0 heterocycles. The van der Waals surface area contributed by atoms with Gasteiger partial charge in [0.1, 0.15) is 0 Å². The number of allylic oxidation sites excluding steroid dienone is 4. The molecule has 0 aromatic heterocycles. The normalized spacial score (nSPS) is 16.5. The van der Waals surface area contributed by atoms with Gasteiger partial charge in [-0.15, -0.1) is 45.3 Å². The molecule has 0 radical (unpaired) electrons. The zero-order chi connectivity index (χ0) is 28.9. The molecule has 0 N–H and O–H groups in total. The van der Waals surface area contributed by atoms with Crippen molar-refractivity contribution in [3.05, 3.63) is 108 Å². The van der Waals surface area contributed by atoms with Crippen molar-refractivity contribution >= 4 is 30.3 Å². The van der Waals surface area contributed by atoms with Gasteiger partial charge in [-0.1, -0.05) is 120 Å². The Hall–Kier alpha value is -1.66. The minimum absolute atomic E-state index is 0. The van der Waals surface area contributed by atoms with Gasteiger partial charge in [0.2, 0.25) is 0 Å². The van der Waals surface area contributed by atoms with Gasteiger partial charge in [-0.25, -0.2) is 6.08 Å². The fourth-order valence-electron chi connectivity index (χ4n) is 5.33. The summed E-state index contributed by atoms with van der Waals surface area (Å²) in [5.74, 6) is 0.472. The molecule has 1 unspecified atom stereocenters. The van der Waals surface area contributed by atoms with E-state index in [2.05, 4.69) is 133 Å². The zero-order valence-electron chi connectivity index (χ0n) is 26.5. The van der Waals surface area contributed by atoms with Gasteiger partial charge in [0, 0.05) is 0 Å². The molecule has 3 heteroatoms. The van der Waals surface area contributed by atoms with E-state index in [0.29, 0.717) is 5.92 Å². The molecule has 4 aromatic rings. The Balaban J connectivity index is 0.000000248. The molecule has 0 nitrogen and oxygen atoms in total. The quantitative estimate of drug-likeness (QED) is 0.248. The van der Waals surface area contributed by atoms with Gasteiger partial charge in [0.05, 0.1) is 0 Å². The molecule has 1 atom stereocenters. The Morgan fingerprint density at radius 1 is 0.714 bits per heavy atom. The van der Waals surface area contributed by atoms with Crippen molar-refractivity contribution in [2.45, 2.75) is 91.4 Å². The molecule has 1 fully saturated rings. The van der Waals surface area contributed by atoms with Gasteiger partial charge < -0.3 is 24.8 Å². The Morgan fingerprint density at radius 2 is 1.21 bits per heavy atom. The Morgan fingerprint density at radius 3 is 1.60 bits per heavy atom. The number of fused-ring (bicyclic) bond motifs is 3. The number of hydrogen-bond donors (Lipinski definition) is 0. The maximum atomic E-state index is 3.25. The number of benzene rings is 3. The van der Waals surface area contributed by atoms with Crippen molar-refractivity contribution < 1.29 is 49.0 Å². The maximum absolute atomic E-state index is 3.25. The van der Waals surface area contributed by atoms with E-state index in [4.69, 9.17) is 0 Å². The van der Waals surface area contributed by atoms with E-state index in [1.165, 1.54) is 75.9 Å². The SMILES string of the molecule is CC(C)(C)c1ccc2c(c1)[cH-]c1cc(C(C)(C)C)ccc12.CC1[C-]=CC(c2ccccc2)=C1.[Cl-].[Cl-].[Zr+2]=[C]1CCCCC1. The van der Waals surface area contributed by atoms with Crippen LogP contribution < -0.4 is 24.8 Å². The van der Waals surface area contributed by atoms with Crippen LogP contribution in [0, 0.1) is 12.0 Å². The Kier molecular flexibility index (Phi) is 13.8. The zero-order valence-corrected chi connectivity index (χ0v) is 30.4. The molecule has 0 bridgehead atoms. The second-order valence-corrected chi connectivity index (χ2v) is 15.2. The van der Waals surface area contributed by atoms with Gasteiger partial charge in [-0.05, 0) is 10.8 Å². The second kappa shape index (κ2) is 15.9. The second-order valence-electron chi connectivity index (χ2n) is 13.5. The summed E-state index contributed by atoms with van der Waals surface area (Å²) in [5, 5.41) is 5.48. The van der Waals surface area contributed by atoms with Crippen LogP contribution in [0.25, 0.3) is 27.1 Å². The third-order valence-electron chi connectivity index (χ3n) is 7.93. The third kappa shape index (κ3) is 9.94. The van der Waals surface area contributed by atoms with E-state index in [1.54, 1.807) is 27.4 Å². The first-order chi connectivity index (χ1) is 18.9. The summed E-state index contributed by atoms with van der Waals surface area (Å²) in [5.41, 5.74) is 5.79. The van der Waals surface area contributed by atoms with Crippen LogP contribution in [-0.2, 0) is 35.1 Å². The fourth-order valence-corrected chi connectivity index (χ4v) is 6.20. The van der Waals surface area contributed by atoms with E-state index in [9.17, 15) is 0 Å². The molecule has 0 saturated heterocycles. The van der Waals surface area contributed by atoms with Crippen molar-refractivity contribution in [3.8, 4) is 0 Å². The van der Waals surface area contributed by atoms with Crippen molar-refractivity contribution in [2.24, 2.45) is 5.92 Å². The predicted molar refractivity (Wildman–Crippen MR) is 174 cm³/mol. The predicted octanol–water partition coefficient (Wildman–Crippen LogP) is 5.06. The van der Waals surface area contributed by atoms with Crippen molar-refractivity contribution in [2.75, 3.05) is 0 Å². The van der Waals surface area contributed by atoms with Crippen molar-refractivity contribution in [1.29, 1.82) is 0 Å². The van der Waals surface area contributed by atoms with E-state index < -0.39 is 0 Å². The van der Waals surface area contributed by atoms with Crippen LogP contribution >= 0.6 is 0 Å². The van der Waals surface area contributed by atoms with Gasteiger partial charge in [0.15, 0.2) is 0 Å². The molecule has 4 aromatic carbocycles. The molecule has 0 amide bonds. The Bertz CT molecular complexity index is 1430. The van der Waals surface area contributed by atoms with Gasteiger partial charge in [-0.2, -0.15) is 11.6 Å². The van der Waals surface area contributed by atoms with Crippen LogP contribution in [0.1, 0.15) is 97.3 Å². The Labute approximate surface area is 282 Å². The summed E-state index contributed by atoms with van der Waals surface area (Å²) in [7, 11) is 0. The molecule has 222 valence electrons. The summed E-state index contributed by atoms with van der Waals surface area (Å²) in [6.45, 7) is 15.8. The average Bonchev–Trinajstić information content (AvgIpc) is 3.52. The van der Waals surface area contributed by atoms with E-state index >= 15 is 0 Å². The van der Waals surface area contributed by atoms with Crippen molar-refractivity contribution in [1.82, 2.24) is 0 Å². The third-order valence-corrected chi connectivity index (χ3v) is 9.16. The number of rotatable bonds is 1. The van der Waals surface area contributed by atoms with Gasteiger partial charge in [0.25, 0.3) is 0 Å². The molecule has 0 aliphatic heterocycles. The number of halogens is 2. The van der Waals surface area contributed by atoms with Crippen LogP contribution in [0.2, 0.25) is 0 Å². The first kappa shape index (κ1) is 36.5. The van der Waals surface area contributed by atoms with Crippen molar-refractivity contribution in [3.63, 3.8) is 0 Å². The van der Waals surface area contributed by atoms with E-state index in [-0.39, 0.29) is 35.6 Å². The molecule has 2 aliphatic carbocycles. The minimum atomic E-state index is 0. The van der Waals surface area contributed by atoms with E-state index in [1.807, 2.05) is 6.07 Å². The first-order valence-electron chi connectivity index (χ1n) is 15.0. The fraction of sp³-hybridized carbons (Fsp3) is 0.385. The molecule has 2 aliphatic rings. The summed E-state index contributed by atoms with van der Waals surface area (Å²) >= 11 is 1.69. The van der Waals surface area contributed by atoms with Crippen LogP contribution in [-0.4, -0.2) is 3.21 Å². The number of hydrogen-bond acceptors (Lipinski definition) is 0. The molecule has 6 rings (SSSR count). The molecule has 1 saturated carbocycles. The van der Waals surface area contributed by atoms with E-state index in [0.717, 1.165) is 0 Å². The van der Waals surface area contributed by atoms with Crippen LogP contribution in [0.5, 0.6) is 0 Å². The van der Waals surface area contributed by atoms with Crippen LogP contribution in [0.4, 0.5) is 0 Å². The van der Waals surface area contributed by atoms with Gasteiger partial charge in [-0.3, -0.25) is 6.08 Å². The summed E-state index contributed by atoms with van der Waals surface area (Å²) in [6.07, 6.45) is 14.9. The molecule has 42 heavy (non-hydrogen) atoms. The first-order valence-corrected chi connectivity index (χ1v) is 16.2. The van der Waals surface area contributed by atoms with Gasteiger partial charge >= 0.3 is 59.5 Å². The summed E-state index contributed by atoms with van der Waals surface area (Å²) in [4.78, 5) is 0. The summed E-state index contributed by atoms with van der Waals surface area (Å²) < 4.78 is 1.80.